The van der Waals surface area contributed by atoms with E-state index in [1.165, 1.54) is 18.3 Å². The van der Waals surface area contributed by atoms with Gasteiger partial charge in [-0.25, -0.2) is 4.79 Å². The Bertz CT molecular complexity index is 1140. The van der Waals surface area contributed by atoms with Crippen LogP contribution in [0.2, 0.25) is 0 Å². The number of alkyl carbamates (subject to hydrolysis) is 1. The number of nitrogens with one attached hydrogen (secondary N) is 2. The third kappa shape index (κ3) is 5.26. The number of rotatable bonds is 9. The summed E-state index contributed by atoms with van der Waals surface area (Å²) in [5.74, 6) is -2.33. The van der Waals surface area contributed by atoms with Gasteiger partial charge in [-0.05, 0) is 22.3 Å². The highest BCUT2D eigenvalue weighted by molar-refractivity contribution is 7.09. The number of carboxylic acids is 1. The normalized spacial score (nSPS) is 13.9. The Balaban J connectivity index is 1.42. The first-order chi connectivity index (χ1) is 16.4. The highest BCUT2D eigenvalue weighted by atomic mass is 32.1. The Morgan fingerprint density at radius 1 is 1.09 bits per heavy atom. The summed E-state index contributed by atoms with van der Waals surface area (Å²) in [6, 6.07) is 15.2. The van der Waals surface area contributed by atoms with Crippen molar-refractivity contribution in [2.75, 3.05) is 13.2 Å². The van der Waals surface area contributed by atoms with Gasteiger partial charge in [-0.15, -0.1) is 11.3 Å². The van der Waals surface area contributed by atoms with Gasteiger partial charge in [0.15, 0.2) is 0 Å². The molecule has 0 saturated carbocycles. The summed E-state index contributed by atoms with van der Waals surface area (Å²) in [6.45, 7) is 1.59. The van der Waals surface area contributed by atoms with Crippen LogP contribution >= 0.6 is 11.3 Å². The maximum atomic E-state index is 12.7. The van der Waals surface area contributed by atoms with Crippen molar-refractivity contribution in [2.45, 2.75) is 25.3 Å². The molecule has 1 aliphatic rings. The van der Waals surface area contributed by atoms with Crippen LogP contribution in [0.15, 0.2) is 60.2 Å². The molecule has 0 radical (unpaired) electrons. The van der Waals surface area contributed by atoms with Crippen molar-refractivity contribution in [3.63, 3.8) is 0 Å². The zero-order chi connectivity index (χ0) is 24.1. The lowest BCUT2D eigenvalue weighted by atomic mass is 9.98. The number of hydrogen-bond donors (Lipinski definition) is 3. The number of hydrogen-bond acceptors (Lipinski definition) is 6. The fraction of sp³-hybridized carbons (Fsp3) is 0.280. The third-order valence-corrected chi connectivity index (χ3v) is 6.65. The van der Waals surface area contributed by atoms with Crippen LogP contribution in [0.25, 0.3) is 11.1 Å². The molecule has 2 atom stereocenters. The number of carboxylic acid groups (broad SMARTS) is 1. The van der Waals surface area contributed by atoms with Crippen molar-refractivity contribution in [2.24, 2.45) is 5.92 Å². The lowest BCUT2D eigenvalue weighted by Crippen LogP contribution is -2.49. The van der Waals surface area contributed by atoms with Gasteiger partial charge in [-0.3, -0.25) is 14.6 Å². The quantitative estimate of drug-likeness (QED) is 0.433. The maximum Gasteiger partial charge on any atom is 0.407 e. The standard InChI is InChI=1S/C25H25N3O5S/c1-15(24(30)31)11-27-23(29)22(10-16-12-26-14-34-16)28-25(32)33-13-21-19-8-4-2-6-17(19)18-7-3-5-9-20(18)21/h2-9,12,14-15,21-22H,10-11,13H2,1H3,(H,27,29)(H,28,32)(H,30,31). The number of carbonyl (C=O) groups is 3. The van der Waals surface area contributed by atoms with Crippen molar-refractivity contribution in [1.29, 1.82) is 0 Å². The van der Waals surface area contributed by atoms with Crippen LogP contribution in [0.3, 0.4) is 0 Å². The highest BCUT2D eigenvalue weighted by Crippen LogP contribution is 2.44. The van der Waals surface area contributed by atoms with E-state index >= 15 is 0 Å². The van der Waals surface area contributed by atoms with Gasteiger partial charge in [-0.1, -0.05) is 55.5 Å². The number of aliphatic carboxylic acids is 1. The molecule has 0 spiro atoms. The van der Waals surface area contributed by atoms with Crippen molar-refractivity contribution in [3.8, 4) is 11.1 Å². The molecule has 0 saturated heterocycles. The average Bonchev–Trinajstić information content (AvgIpc) is 3.46. The summed E-state index contributed by atoms with van der Waals surface area (Å²) in [5.41, 5.74) is 6.09. The average molecular weight is 480 g/mol. The molecule has 0 bridgehead atoms. The molecule has 3 N–H and O–H groups in total. The van der Waals surface area contributed by atoms with Crippen LogP contribution in [0, 0.1) is 5.92 Å². The fourth-order valence-corrected chi connectivity index (χ4v) is 4.64. The number of thiazole rings is 1. The topological polar surface area (TPSA) is 118 Å². The Labute approximate surface area is 201 Å². The molecule has 2 unspecified atom stereocenters. The summed E-state index contributed by atoms with van der Waals surface area (Å²) in [5, 5.41) is 14.3. The van der Waals surface area contributed by atoms with E-state index in [-0.39, 0.29) is 25.5 Å². The molecular weight excluding hydrogens is 454 g/mol. The first-order valence-electron chi connectivity index (χ1n) is 10.9. The molecule has 2 aromatic carbocycles. The van der Waals surface area contributed by atoms with Gasteiger partial charge in [0, 0.05) is 30.0 Å². The summed E-state index contributed by atoms with van der Waals surface area (Å²) in [6.07, 6.45) is 1.14. The van der Waals surface area contributed by atoms with E-state index in [0.29, 0.717) is 0 Å². The van der Waals surface area contributed by atoms with Crippen LogP contribution in [0.1, 0.15) is 28.8 Å². The van der Waals surface area contributed by atoms with E-state index in [1.807, 2.05) is 36.4 Å². The molecular formula is C25H25N3O5S. The number of ether oxygens (including phenoxy) is 1. The molecule has 4 rings (SSSR count). The SMILES string of the molecule is CC(CNC(=O)C(Cc1cncs1)NC(=O)OCC1c2ccccc2-c2ccccc21)C(=O)O. The number of amides is 2. The summed E-state index contributed by atoms with van der Waals surface area (Å²) in [4.78, 5) is 41.3. The van der Waals surface area contributed by atoms with Crippen molar-refractivity contribution < 1.29 is 24.2 Å². The Hall–Kier alpha value is -3.72. The minimum absolute atomic E-state index is 0.0419. The fourth-order valence-electron chi connectivity index (χ4n) is 4.00. The zero-order valence-corrected chi connectivity index (χ0v) is 19.4. The molecule has 9 heteroatoms. The number of carbonyl (C=O) groups excluding carboxylic acids is 2. The number of nitrogens with zero attached hydrogens (tertiary/aromatic N) is 1. The second-order valence-corrected chi connectivity index (χ2v) is 9.15. The monoisotopic (exact) mass is 479 g/mol. The highest BCUT2D eigenvalue weighted by Gasteiger charge is 2.30. The van der Waals surface area contributed by atoms with Gasteiger partial charge in [0.25, 0.3) is 0 Å². The van der Waals surface area contributed by atoms with Crippen LogP contribution in [-0.2, 0) is 20.7 Å². The predicted octanol–water partition coefficient (Wildman–Crippen LogP) is 3.43. The first kappa shape index (κ1) is 23.4. The van der Waals surface area contributed by atoms with Gasteiger partial charge in [0.2, 0.25) is 5.91 Å². The van der Waals surface area contributed by atoms with Crippen molar-refractivity contribution in [1.82, 2.24) is 15.6 Å². The summed E-state index contributed by atoms with van der Waals surface area (Å²) in [7, 11) is 0. The van der Waals surface area contributed by atoms with Crippen LogP contribution < -0.4 is 10.6 Å². The molecule has 8 nitrogen and oxygen atoms in total. The molecule has 0 fully saturated rings. The Morgan fingerprint density at radius 3 is 2.32 bits per heavy atom. The lowest BCUT2D eigenvalue weighted by molar-refractivity contribution is -0.141. The van der Waals surface area contributed by atoms with E-state index in [2.05, 4.69) is 27.8 Å². The molecule has 1 heterocycles. The van der Waals surface area contributed by atoms with E-state index < -0.39 is 29.9 Å². The first-order valence-corrected chi connectivity index (χ1v) is 11.8. The maximum absolute atomic E-state index is 12.7. The molecule has 1 aliphatic carbocycles. The molecule has 2 amide bonds. The summed E-state index contributed by atoms with van der Waals surface area (Å²) < 4.78 is 5.57. The smallest absolute Gasteiger partial charge is 0.407 e. The van der Waals surface area contributed by atoms with E-state index in [9.17, 15) is 14.4 Å². The Morgan fingerprint density at radius 2 is 1.74 bits per heavy atom. The molecule has 0 aliphatic heterocycles. The second-order valence-electron chi connectivity index (χ2n) is 8.18. The van der Waals surface area contributed by atoms with Gasteiger partial charge in [0.05, 0.1) is 11.4 Å². The van der Waals surface area contributed by atoms with Crippen molar-refractivity contribution in [3.05, 3.63) is 76.2 Å². The molecule has 34 heavy (non-hydrogen) atoms. The third-order valence-electron chi connectivity index (χ3n) is 5.85. The van der Waals surface area contributed by atoms with E-state index in [0.717, 1.165) is 27.1 Å². The lowest BCUT2D eigenvalue weighted by Gasteiger charge is -2.20. The van der Waals surface area contributed by atoms with Gasteiger partial charge < -0.3 is 20.5 Å². The molecule has 176 valence electrons. The predicted molar refractivity (Wildman–Crippen MR) is 128 cm³/mol. The van der Waals surface area contributed by atoms with Gasteiger partial charge in [0.1, 0.15) is 12.6 Å². The minimum Gasteiger partial charge on any atom is -0.481 e. The number of fused-ring (bicyclic) bond motifs is 3. The number of benzene rings is 2. The van der Waals surface area contributed by atoms with Crippen LogP contribution in [0.5, 0.6) is 0 Å². The number of aromatic nitrogens is 1. The van der Waals surface area contributed by atoms with Crippen molar-refractivity contribution >= 4 is 29.3 Å². The van der Waals surface area contributed by atoms with E-state index in [4.69, 9.17) is 9.84 Å². The van der Waals surface area contributed by atoms with Crippen LogP contribution in [0.4, 0.5) is 4.79 Å². The molecule has 1 aromatic heterocycles. The van der Waals surface area contributed by atoms with Gasteiger partial charge in [-0.2, -0.15) is 0 Å². The van der Waals surface area contributed by atoms with Gasteiger partial charge >= 0.3 is 12.1 Å². The minimum atomic E-state index is -1.01. The Kier molecular flexibility index (Phi) is 7.22. The van der Waals surface area contributed by atoms with Crippen LogP contribution in [-0.4, -0.2) is 47.3 Å². The molecule has 3 aromatic rings. The summed E-state index contributed by atoms with van der Waals surface area (Å²) >= 11 is 1.37. The largest absolute Gasteiger partial charge is 0.481 e. The van der Waals surface area contributed by atoms with E-state index in [1.54, 1.807) is 11.7 Å². The second kappa shape index (κ2) is 10.5. The zero-order valence-electron chi connectivity index (χ0n) is 18.6.